The van der Waals surface area contributed by atoms with Gasteiger partial charge in [0.1, 0.15) is 0 Å². The van der Waals surface area contributed by atoms with E-state index in [1.54, 1.807) is 0 Å². The lowest BCUT2D eigenvalue weighted by atomic mass is 10.1. The first-order valence-electron chi connectivity index (χ1n) is 6.75. The molecule has 0 heterocycles. The van der Waals surface area contributed by atoms with Crippen LogP contribution in [0.25, 0.3) is 0 Å². The molecular weight excluding hydrogens is 208 g/mol. The Morgan fingerprint density at radius 1 is 0.941 bits per heavy atom. The van der Waals surface area contributed by atoms with Gasteiger partial charge in [-0.1, -0.05) is 36.8 Å². The van der Waals surface area contributed by atoms with Gasteiger partial charge in [-0.2, -0.15) is 0 Å². The van der Waals surface area contributed by atoms with Crippen LogP contribution in [-0.2, 0) is 6.42 Å². The average molecular weight is 234 g/mol. The highest BCUT2D eigenvalue weighted by Crippen LogP contribution is 2.03. The summed E-state index contributed by atoms with van der Waals surface area (Å²) in [5, 5.41) is 0. The van der Waals surface area contributed by atoms with Gasteiger partial charge in [-0.25, -0.2) is 0 Å². The van der Waals surface area contributed by atoms with Crippen LogP contribution in [0.5, 0.6) is 0 Å². The Labute approximate surface area is 106 Å². The van der Waals surface area contributed by atoms with Crippen molar-refractivity contribution in [3.05, 3.63) is 35.9 Å². The van der Waals surface area contributed by atoms with Gasteiger partial charge >= 0.3 is 0 Å². The number of nitrogens with zero attached hydrogens (tertiary/aromatic N) is 1. The lowest BCUT2D eigenvalue weighted by Gasteiger charge is -2.16. The summed E-state index contributed by atoms with van der Waals surface area (Å²) in [7, 11) is 2.22. The fourth-order valence-corrected chi connectivity index (χ4v) is 2.01. The molecule has 96 valence electrons. The monoisotopic (exact) mass is 234 g/mol. The third-order valence-corrected chi connectivity index (χ3v) is 3.09. The molecule has 0 amide bonds. The smallest absolute Gasteiger partial charge is 0.00186 e. The molecule has 0 spiro atoms. The first-order valence-corrected chi connectivity index (χ1v) is 6.75. The van der Waals surface area contributed by atoms with Crippen LogP contribution in [0.1, 0.15) is 31.2 Å². The quantitative estimate of drug-likeness (QED) is 0.666. The summed E-state index contributed by atoms with van der Waals surface area (Å²) in [5.41, 5.74) is 6.92. The molecule has 0 saturated heterocycles. The van der Waals surface area contributed by atoms with E-state index in [1.807, 2.05) is 0 Å². The minimum absolute atomic E-state index is 0.831. The summed E-state index contributed by atoms with van der Waals surface area (Å²) in [5.74, 6) is 0. The standard InChI is InChI=1S/C15H26N2/c1-17(13-7-3-6-12-16)14-8-11-15-9-4-2-5-10-15/h2,4-5,9-10H,3,6-8,11-14,16H2,1H3. The van der Waals surface area contributed by atoms with Gasteiger partial charge < -0.3 is 10.6 Å². The van der Waals surface area contributed by atoms with Crippen molar-refractivity contribution in [1.29, 1.82) is 0 Å². The molecule has 1 aromatic rings. The summed E-state index contributed by atoms with van der Waals surface area (Å²) in [6.07, 6.45) is 6.14. The third kappa shape index (κ3) is 7.14. The van der Waals surface area contributed by atoms with E-state index in [0.29, 0.717) is 0 Å². The molecule has 1 aromatic carbocycles. The molecule has 0 atom stereocenters. The van der Waals surface area contributed by atoms with Gasteiger partial charge in [0, 0.05) is 0 Å². The number of benzene rings is 1. The molecule has 0 aliphatic carbocycles. The second kappa shape index (κ2) is 9.20. The zero-order valence-corrected chi connectivity index (χ0v) is 11.1. The molecule has 2 heteroatoms. The van der Waals surface area contributed by atoms with Gasteiger partial charge in [0.05, 0.1) is 0 Å². The maximum absolute atomic E-state index is 5.48. The second-order valence-electron chi connectivity index (χ2n) is 4.74. The average Bonchev–Trinajstić information content (AvgIpc) is 2.36. The first kappa shape index (κ1) is 14.2. The summed E-state index contributed by atoms with van der Waals surface area (Å²) in [6.45, 7) is 3.23. The summed E-state index contributed by atoms with van der Waals surface area (Å²) < 4.78 is 0. The van der Waals surface area contributed by atoms with Crippen LogP contribution < -0.4 is 5.73 Å². The SMILES string of the molecule is CN(CCCCCN)CCCc1ccccc1. The van der Waals surface area contributed by atoms with E-state index in [0.717, 1.165) is 13.0 Å². The highest BCUT2D eigenvalue weighted by Gasteiger charge is 1.98. The van der Waals surface area contributed by atoms with E-state index in [9.17, 15) is 0 Å². The first-order chi connectivity index (χ1) is 8.33. The zero-order valence-electron chi connectivity index (χ0n) is 11.1. The highest BCUT2D eigenvalue weighted by atomic mass is 15.1. The van der Waals surface area contributed by atoms with E-state index >= 15 is 0 Å². The van der Waals surface area contributed by atoms with Crippen LogP contribution in [0.2, 0.25) is 0 Å². The molecule has 1 rings (SSSR count). The van der Waals surface area contributed by atoms with Crippen molar-refractivity contribution in [2.75, 3.05) is 26.7 Å². The van der Waals surface area contributed by atoms with Gasteiger partial charge in [0.15, 0.2) is 0 Å². The summed E-state index contributed by atoms with van der Waals surface area (Å²) in [6, 6.07) is 10.7. The number of unbranched alkanes of at least 4 members (excludes halogenated alkanes) is 2. The topological polar surface area (TPSA) is 29.3 Å². The lowest BCUT2D eigenvalue weighted by Crippen LogP contribution is -2.21. The van der Waals surface area contributed by atoms with Crippen molar-refractivity contribution in [3.63, 3.8) is 0 Å². The minimum atomic E-state index is 0.831. The van der Waals surface area contributed by atoms with Gasteiger partial charge in [-0.05, 0) is 57.9 Å². The fourth-order valence-electron chi connectivity index (χ4n) is 2.01. The number of nitrogens with two attached hydrogens (primary N) is 1. The Hall–Kier alpha value is -0.860. The molecular formula is C15H26N2. The molecule has 0 bridgehead atoms. The van der Waals surface area contributed by atoms with Gasteiger partial charge in [0.25, 0.3) is 0 Å². The van der Waals surface area contributed by atoms with Crippen molar-refractivity contribution >= 4 is 0 Å². The van der Waals surface area contributed by atoms with Crippen LogP contribution >= 0.6 is 0 Å². The van der Waals surface area contributed by atoms with Gasteiger partial charge in [0.2, 0.25) is 0 Å². The predicted molar refractivity (Wildman–Crippen MR) is 75.2 cm³/mol. The molecule has 17 heavy (non-hydrogen) atoms. The van der Waals surface area contributed by atoms with Crippen LogP contribution in [0.3, 0.4) is 0 Å². The van der Waals surface area contributed by atoms with Gasteiger partial charge in [-0.3, -0.25) is 0 Å². The minimum Gasteiger partial charge on any atom is -0.330 e. The zero-order chi connectivity index (χ0) is 12.3. The van der Waals surface area contributed by atoms with Crippen molar-refractivity contribution in [3.8, 4) is 0 Å². The van der Waals surface area contributed by atoms with E-state index in [1.165, 1.54) is 44.3 Å². The molecule has 2 N–H and O–H groups in total. The number of aryl methyl sites for hydroxylation is 1. The third-order valence-electron chi connectivity index (χ3n) is 3.09. The molecule has 0 unspecified atom stereocenters. The van der Waals surface area contributed by atoms with Crippen molar-refractivity contribution in [2.24, 2.45) is 5.73 Å². The Morgan fingerprint density at radius 3 is 2.35 bits per heavy atom. The molecule has 0 saturated carbocycles. The highest BCUT2D eigenvalue weighted by molar-refractivity contribution is 5.14. The van der Waals surface area contributed by atoms with Crippen molar-refractivity contribution in [2.45, 2.75) is 32.1 Å². The number of hydrogen-bond acceptors (Lipinski definition) is 2. The predicted octanol–water partition coefficient (Wildman–Crippen LogP) is 2.68. The normalized spacial score (nSPS) is 11.0. The van der Waals surface area contributed by atoms with E-state index in [-0.39, 0.29) is 0 Å². The Balaban J connectivity index is 2.02. The summed E-state index contributed by atoms with van der Waals surface area (Å²) in [4.78, 5) is 2.43. The van der Waals surface area contributed by atoms with Crippen molar-refractivity contribution in [1.82, 2.24) is 4.90 Å². The number of rotatable bonds is 9. The molecule has 2 nitrogen and oxygen atoms in total. The summed E-state index contributed by atoms with van der Waals surface area (Å²) >= 11 is 0. The second-order valence-corrected chi connectivity index (χ2v) is 4.74. The largest absolute Gasteiger partial charge is 0.330 e. The Morgan fingerprint density at radius 2 is 1.65 bits per heavy atom. The molecule has 0 fully saturated rings. The van der Waals surface area contributed by atoms with E-state index in [4.69, 9.17) is 5.73 Å². The van der Waals surface area contributed by atoms with E-state index < -0.39 is 0 Å². The fraction of sp³-hybridized carbons (Fsp3) is 0.600. The Bertz CT molecular complexity index is 272. The van der Waals surface area contributed by atoms with Crippen LogP contribution in [0, 0.1) is 0 Å². The lowest BCUT2D eigenvalue weighted by molar-refractivity contribution is 0.320. The van der Waals surface area contributed by atoms with Crippen molar-refractivity contribution < 1.29 is 0 Å². The maximum Gasteiger partial charge on any atom is -0.00186 e. The Kier molecular flexibility index (Phi) is 7.69. The number of hydrogen-bond donors (Lipinski definition) is 1. The van der Waals surface area contributed by atoms with E-state index in [2.05, 4.69) is 42.3 Å². The molecule has 0 radical (unpaired) electrons. The van der Waals surface area contributed by atoms with Crippen LogP contribution in [0.4, 0.5) is 0 Å². The molecule has 0 aliphatic heterocycles. The maximum atomic E-state index is 5.48. The van der Waals surface area contributed by atoms with Gasteiger partial charge in [-0.15, -0.1) is 0 Å². The van der Waals surface area contributed by atoms with Crippen LogP contribution in [0.15, 0.2) is 30.3 Å². The van der Waals surface area contributed by atoms with Crippen LogP contribution in [-0.4, -0.2) is 31.6 Å². The molecule has 0 aliphatic rings. The molecule has 0 aromatic heterocycles.